The van der Waals surface area contributed by atoms with Gasteiger partial charge in [0.05, 0.1) is 4.92 Å². The predicted octanol–water partition coefficient (Wildman–Crippen LogP) is 2.27. The first-order valence-corrected chi connectivity index (χ1v) is 8.27. The van der Waals surface area contributed by atoms with Crippen molar-refractivity contribution in [3.63, 3.8) is 0 Å². The lowest BCUT2D eigenvalue weighted by Crippen LogP contribution is -2.51. The van der Waals surface area contributed by atoms with Gasteiger partial charge in [0.25, 0.3) is 5.69 Å². The molecule has 9 nitrogen and oxygen atoms in total. The summed E-state index contributed by atoms with van der Waals surface area (Å²) in [5.74, 6) is -1.04. The van der Waals surface area contributed by atoms with E-state index in [2.05, 4.69) is 0 Å². The first kappa shape index (κ1) is 19.6. The Morgan fingerprint density at radius 1 is 1.15 bits per heavy atom. The fraction of sp³-hybridized carbons (Fsp3) is 0.529. The molecule has 0 aliphatic carbocycles. The number of non-ortho nitro benzene ring substituents is 1. The highest BCUT2D eigenvalue weighted by atomic mass is 16.6. The van der Waals surface area contributed by atoms with E-state index in [1.807, 2.05) is 0 Å². The third-order valence-electron chi connectivity index (χ3n) is 3.98. The second-order valence-electron chi connectivity index (χ2n) is 7.09. The third kappa shape index (κ3) is 4.92. The number of nitro benzene ring substituents is 1. The molecule has 0 radical (unpaired) electrons. The molecule has 142 valence electrons. The number of amides is 1. The number of benzene rings is 1. The summed E-state index contributed by atoms with van der Waals surface area (Å²) in [6.07, 6.45) is -0.417. The molecule has 1 N–H and O–H groups in total. The minimum absolute atomic E-state index is 0.0902. The Hall–Kier alpha value is -2.68. The summed E-state index contributed by atoms with van der Waals surface area (Å²) in [7, 11) is 0. The molecule has 1 unspecified atom stereocenters. The molecular weight excluding hydrogens is 342 g/mol. The molecule has 0 spiro atoms. The van der Waals surface area contributed by atoms with E-state index in [0.717, 1.165) is 0 Å². The van der Waals surface area contributed by atoms with Gasteiger partial charge in [0.2, 0.25) is 0 Å². The zero-order valence-corrected chi connectivity index (χ0v) is 15.0. The quantitative estimate of drug-likeness (QED) is 0.643. The molecule has 0 aromatic heterocycles. The Bertz CT molecular complexity index is 675. The van der Waals surface area contributed by atoms with Crippen molar-refractivity contribution in [1.82, 2.24) is 9.80 Å². The molecule has 1 aromatic rings. The highest BCUT2D eigenvalue weighted by Crippen LogP contribution is 2.25. The normalized spacial score (nSPS) is 16.8. The van der Waals surface area contributed by atoms with Gasteiger partial charge in [-0.2, -0.15) is 0 Å². The number of carbonyl (C=O) groups excluding carboxylic acids is 1. The Balaban J connectivity index is 2.05. The molecule has 0 bridgehead atoms. The van der Waals surface area contributed by atoms with Crippen molar-refractivity contribution >= 4 is 17.7 Å². The van der Waals surface area contributed by atoms with Gasteiger partial charge in [0.1, 0.15) is 11.6 Å². The van der Waals surface area contributed by atoms with Crippen LogP contribution in [0.1, 0.15) is 32.4 Å². The number of carboxylic acids is 1. The fourth-order valence-corrected chi connectivity index (χ4v) is 2.78. The van der Waals surface area contributed by atoms with Crippen LogP contribution in [0.3, 0.4) is 0 Å². The van der Waals surface area contributed by atoms with Crippen molar-refractivity contribution in [3.8, 4) is 0 Å². The summed E-state index contributed by atoms with van der Waals surface area (Å²) in [4.78, 5) is 37.4. The third-order valence-corrected chi connectivity index (χ3v) is 3.98. The Morgan fingerprint density at radius 2 is 1.69 bits per heavy atom. The zero-order valence-electron chi connectivity index (χ0n) is 15.0. The van der Waals surface area contributed by atoms with Crippen molar-refractivity contribution in [2.75, 3.05) is 26.2 Å². The van der Waals surface area contributed by atoms with Crippen molar-refractivity contribution in [1.29, 1.82) is 0 Å². The molecule has 1 aliphatic heterocycles. The van der Waals surface area contributed by atoms with E-state index in [9.17, 15) is 24.8 Å². The standard InChI is InChI=1S/C17H23N3O6/c1-17(2,3)26-16(23)19-10-8-18(9-11-19)14(15(21)22)12-4-6-13(7-5-12)20(24)25/h4-7,14H,8-11H2,1-3H3,(H,21,22). The smallest absolute Gasteiger partial charge is 0.410 e. The Labute approximate surface area is 151 Å². The second kappa shape index (κ2) is 7.69. The topological polar surface area (TPSA) is 113 Å². The number of nitro groups is 1. The first-order valence-electron chi connectivity index (χ1n) is 8.27. The van der Waals surface area contributed by atoms with E-state index in [-0.39, 0.29) is 5.69 Å². The molecule has 9 heteroatoms. The summed E-state index contributed by atoms with van der Waals surface area (Å²) in [5.41, 5.74) is -0.210. The molecule has 1 aromatic carbocycles. The van der Waals surface area contributed by atoms with Crippen LogP contribution in [-0.4, -0.2) is 63.7 Å². The van der Waals surface area contributed by atoms with E-state index in [1.54, 1.807) is 30.6 Å². The van der Waals surface area contributed by atoms with Gasteiger partial charge in [0, 0.05) is 38.3 Å². The largest absolute Gasteiger partial charge is 0.480 e. The molecule has 1 saturated heterocycles. The van der Waals surface area contributed by atoms with Crippen LogP contribution < -0.4 is 0 Å². The number of rotatable bonds is 4. The number of piperazine rings is 1. The number of aliphatic carboxylic acids is 1. The number of carboxylic acid groups (broad SMARTS) is 1. The van der Waals surface area contributed by atoms with E-state index < -0.39 is 28.6 Å². The van der Waals surface area contributed by atoms with Gasteiger partial charge in [-0.1, -0.05) is 12.1 Å². The van der Waals surface area contributed by atoms with Crippen LogP contribution in [0, 0.1) is 10.1 Å². The van der Waals surface area contributed by atoms with Gasteiger partial charge in [-0.25, -0.2) is 4.79 Å². The SMILES string of the molecule is CC(C)(C)OC(=O)N1CCN(C(C(=O)O)c2ccc([N+](=O)[O-])cc2)CC1. The second-order valence-corrected chi connectivity index (χ2v) is 7.09. The number of hydrogen-bond donors (Lipinski definition) is 1. The summed E-state index contributed by atoms with van der Waals surface area (Å²) in [6, 6.07) is 4.58. The monoisotopic (exact) mass is 365 g/mol. The maximum absolute atomic E-state index is 12.1. The minimum atomic E-state index is -1.04. The molecule has 1 fully saturated rings. The van der Waals surface area contributed by atoms with Crippen molar-refractivity contribution in [2.24, 2.45) is 0 Å². The van der Waals surface area contributed by atoms with Crippen LogP contribution in [-0.2, 0) is 9.53 Å². The lowest BCUT2D eigenvalue weighted by molar-refractivity contribution is -0.384. The Morgan fingerprint density at radius 3 is 2.12 bits per heavy atom. The van der Waals surface area contributed by atoms with Crippen molar-refractivity contribution in [2.45, 2.75) is 32.4 Å². The van der Waals surface area contributed by atoms with Crippen LogP contribution in [0.5, 0.6) is 0 Å². The number of ether oxygens (including phenoxy) is 1. The van der Waals surface area contributed by atoms with Crippen LogP contribution in [0.2, 0.25) is 0 Å². The van der Waals surface area contributed by atoms with Gasteiger partial charge in [-0.05, 0) is 26.3 Å². The van der Waals surface area contributed by atoms with Crippen molar-refractivity contribution < 1.29 is 24.4 Å². The Kier molecular flexibility index (Phi) is 5.81. The molecule has 2 rings (SSSR count). The van der Waals surface area contributed by atoms with Gasteiger partial charge in [-0.15, -0.1) is 0 Å². The maximum Gasteiger partial charge on any atom is 0.410 e. The summed E-state index contributed by atoms with van der Waals surface area (Å²) < 4.78 is 5.33. The molecule has 1 aliphatic rings. The molecule has 26 heavy (non-hydrogen) atoms. The molecule has 1 amide bonds. The summed E-state index contributed by atoms with van der Waals surface area (Å²) >= 11 is 0. The van der Waals surface area contributed by atoms with E-state index >= 15 is 0 Å². The first-order chi connectivity index (χ1) is 12.1. The van der Waals surface area contributed by atoms with Crippen LogP contribution >= 0.6 is 0 Å². The fourth-order valence-electron chi connectivity index (χ4n) is 2.78. The summed E-state index contributed by atoms with van der Waals surface area (Å²) in [6.45, 7) is 6.81. The van der Waals surface area contributed by atoms with Gasteiger partial charge < -0.3 is 14.7 Å². The lowest BCUT2D eigenvalue weighted by atomic mass is 10.0. The minimum Gasteiger partial charge on any atom is -0.480 e. The highest BCUT2D eigenvalue weighted by Gasteiger charge is 2.33. The molecule has 1 heterocycles. The zero-order chi connectivity index (χ0) is 19.5. The van der Waals surface area contributed by atoms with Crippen molar-refractivity contribution in [3.05, 3.63) is 39.9 Å². The number of carbonyl (C=O) groups is 2. The summed E-state index contributed by atoms with van der Waals surface area (Å²) in [5, 5.41) is 20.4. The molecule has 1 atom stereocenters. The maximum atomic E-state index is 12.1. The van der Waals surface area contributed by atoms with Gasteiger partial charge in [0.15, 0.2) is 0 Å². The molecule has 0 saturated carbocycles. The number of hydrogen-bond acceptors (Lipinski definition) is 6. The van der Waals surface area contributed by atoms with Crippen LogP contribution in [0.25, 0.3) is 0 Å². The van der Waals surface area contributed by atoms with Crippen LogP contribution in [0.15, 0.2) is 24.3 Å². The average molecular weight is 365 g/mol. The predicted molar refractivity (Wildman–Crippen MR) is 92.9 cm³/mol. The van der Waals surface area contributed by atoms with Gasteiger partial charge >= 0.3 is 12.1 Å². The highest BCUT2D eigenvalue weighted by molar-refractivity contribution is 5.76. The van der Waals surface area contributed by atoms with Gasteiger partial charge in [-0.3, -0.25) is 19.8 Å². The van der Waals surface area contributed by atoms with E-state index in [0.29, 0.717) is 31.7 Å². The van der Waals surface area contributed by atoms with Crippen LogP contribution in [0.4, 0.5) is 10.5 Å². The van der Waals surface area contributed by atoms with E-state index in [4.69, 9.17) is 4.74 Å². The van der Waals surface area contributed by atoms with E-state index in [1.165, 1.54) is 24.3 Å². The molecular formula is C17H23N3O6. The number of nitrogens with zero attached hydrogens (tertiary/aromatic N) is 3. The average Bonchev–Trinajstić information content (AvgIpc) is 2.54. The lowest BCUT2D eigenvalue weighted by Gasteiger charge is -2.38.